The van der Waals surface area contributed by atoms with E-state index >= 15 is 0 Å². The molecule has 1 aromatic heterocycles. The second-order valence-electron chi connectivity index (χ2n) is 4.63. The number of hydrogen-bond acceptors (Lipinski definition) is 3. The van der Waals surface area contributed by atoms with Crippen molar-refractivity contribution in [1.29, 1.82) is 0 Å². The van der Waals surface area contributed by atoms with Gasteiger partial charge in [-0.15, -0.1) is 0 Å². The predicted molar refractivity (Wildman–Crippen MR) is 73.4 cm³/mol. The molecule has 0 unspecified atom stereocenters. The summed E-state index contributed by atoms with van der Waals surface area (Å²) in [4.78, 5) is 12.0. The Hall–Kier alpha value is -2.23. The van der Waals surface area contributed by atoms with E-state index in [0.29, 0.717) is 18.5 Å². The summed E-state index contributed by atoms with van der Waals surface area (Å²) in [5.41, 5.74) is 3.07. The van der Waals surface area contributed by atoms with Crippen LogP contribution < -0.4 is 10.6 Å². The third kappa shape index (κ3) is 2.62. The molecule has 0 spiro atoms. The molecule has 4 heteroatoms. The molecular weight excluding hydrogens is 240 g/mol. The van der Waals surface area contributed by atoms with Gasteiger partial charge in [0.15, 0.2) is 0 Å². The van der Waals surface area contributed by atoms with Crippen molar-refractivity contribution in [2.75, 3.05) is 18.4 Å². The van der Waals surface area contributed by atoms with Crippen LogP contribution in [0.5, 0.6) is 0 Å². The molecule has 2 heterocycles. The van der Waals surface area contributed by atoms with Crippen LogP contribution >= 0.6 is 0 Å². The second kappa shape index (κ2) is 5.18. The van der Waals surface area contributed by atoms with Gasteiger partial charge in [-0.05, 0) is 36.2 Å². The zero-order valence-electron chi connectivity index (χ0n) is 10.6. The summed E-state index contributed by atoms with van der Waals surface area (Å²) >= 11 is 0. The zero-order chi connectivity index (χ0) is 13.1. The zero-order valence-corrected chi connectivity index (χ0v) is 10.6. The van der Waals surface area contributed by atoms with Gasteiger partial charge in [-0.3, -0.25) is 4.79 Å². The van der Waals surface area contributed by atoms with Gasteiger partial charge in [0.2, 0.25) is 0 Å². The van der Waals surface area contributed by atoms with Gasteiger partial charge in [0.05, 0.1) is 6.26 Å². The summed E-state index contributed by atoms with van der Waals surface area (Å²) < 4.78 is 5.22. The first-order chi connectivity index (χ1) is 9.33. The van der Waals surface area contributed by atoms with Gasteiger partial charge in [0.1, 0.15) is 5.76 Å². The Kier molecular flexibility index (Phi) is 3.23. The topological polar surface area (TPSA) is 54.3 Å². The van der Waals surface area contributed by atoms with Crippen molar-refractivity contribution < 1.29 is 9.21 Å². The smallest absolute Gasteiger partial charge is 0.251 e. The van der Waals surface area contributed by atoms with Gasteiger partial charge < -0.3 is 15.1 Å². The summed E-state index contributed by atoms with van der Waals surface area (Å²) in [6.07, 6.45) is 3.39. The number of amides is 1. The summed E-state index contributed by atoms with van der Waals surface area (Å²) in [5, 5.41) is 6.18. The molecule has 2 aromatic rings. The van der Waals surface area contributed by atoms with Crippen LogP contribution in [0, 0.1) is 0 Å². The van der Waals surface area contributed by atoms with Gasteiger partial charge in [-0.1, -0.05) is 6.07 Å². The van der Waals surface area contributed by atoms with Crippen LogP contribution in [-0.4, -0.2) is 19.0 Å². The Balaban J connectivity index is 1.58. The van der Waals surface area contributed by atoms with Crippen molar-refractivity contribution in [3.05, 3.63) is 53.5 Å². The molecule has 1 amide bonds. The Morgan fingerprint density at radius 1 is 1.37 bits per heavy atom. The first-order valence-electron chi connectivity index (χ1n) is 6.50. The Labute approximate surface area is 111 Å². The largest absolute Gasteiger partial charge is 0.469 e. The first kappa shape index (κ1) is 11.8. The lowest BCUT2D eigenvalue weighted by molar-refractivity contribution is 0.0954. The summed E-state index contributed by atoms with van der Waals surface area (Å²) in [6.45, 7) is 1.54. The van der Waals surface area contributed by atoms with Crippen molar-refractivity contribution in [2.45, 2.75) is 12.8 Å². The van der Waals surface area contributed by atoms with E-state index in [1.165, 1.54) is 5.56 Å². The molecule has 1 aliphatic heterocycles. The van der Waals surface area contributed by atoms with Gasteiger partial charge >= 0.3 is 0 Å². The maximum Gasteiger partial charge on any atom is 0.251 e. The van der Waals surface area contributed by atoms with E-state index in [1.807, 2.05) is 30.3 Å². The molecule has 4 nitrogen and oxygen atoms in total. The van der Waals surface area contributed by atoms with E-state index in [1.54, 1.807) is 6.26 Å². The van der Waals surface area contributed by atoms with E-state index in [9.17, 15) is 4.79 Å². The SMILES string of the molecule is O=C(NCCc1ccco1)c1ccc2c(c1)NCC2. The highest BCUT2D eigenvalue weighted by atomic mass is 16.3. The van der Waals surface area contributed by atoms with Crippen LogP contribution in [0.3, 0.4) is 0 Å². The van der Waals surface area contributed by atoms with Crippen LogP contribution in [0.25, 0.3) is 0 Å². The van der Waals surface area contributed by atoms with Crippen molar-refractivity contribution in [2.24, 2.45) is 0 Å². The van der Waals surface area contributed by atoms with Gasteiger partial charge in [-0.25, -0.2) is 0 Å². The molecule has 2 N–H and O–H groups in total. The second-order valence-corrected chi connectivity index (χ2v) is 4.63. The van der Waals surface area contributed by atoms with E-state index in [-0.39, 0.29) is 5.91 Å². The number of fused-ring (bicyclic) bond motifs is 1. The third-order valence-corrected chi connectivity index (χ3v) is 3.32. The van der Waals surface area contributed by atoms with Crippen LogP contribution in [0.15, 0.2) is 41.0 Å². The highest BCUT2D eigenvalue weighted by Gasteiger charge is 2.13. The van der Waals surface area contributed by atoms with E-state index < -0.39 is 0 Å². The van der Waals surface area contributed by atoms with Gasteiger partial charge in [0.25, 0.3) is 5.91 Å². The molecular formula is C15H16N2O2. The predicted octanol–water partition coefficient (Wildman–Crippen LogP) is 2.22. The lowest BCUT2D eigenvalue weighted by atomic mass is 10.1. The van der Waals surface area contributed by atoms with Gasteiger partial charge in [0, 0.05) is 30.8 Å². The number of rotatable bonds is 4. The van der Waals surface area contributed by atoms with E-state index in [0.717, 1.165) is 24.4 Å². The average Bonchev–Trinajstić information content (AvgIpc) is 3.08. The van der Waals surface area contributed by atoms with E-state index in [2.05, 4.69) is 10.6 Å². The van der Waals surface area contributed by atoms with Crippen molar-refractivity contribution in [1.82, 2.24) is 5.32 Å². The van der Waals surface area contributed by atoms with Crippen LogP contribution in [0.1, 0.15) is 21.7 Å². The van der Waals surface area contributed by atoms with Crippen LogP contribution in [-0.2, 0) is 12.8 Å². The summed E-state index contributed by atoms with van der Waals surface area (Å²) in [7, 11) is 0. The molecule has 19 heavy (non-hydrogen) atoms. The lowest BCUT2D eigenvalue weighted by Gasteiger charge is -2.06. The number of furan rings is 1. The van der Waals surface area contributed by atoms with E-state index in [4.69, 9.17) is 4.42 Å². The van der Waals surface area contributed by atoms with Crippen molar-refractivity contribution >= 4 is 11.6 Å². The molecule has 1 aromatic carbocycles. The Morgan fingerprint density at radius 2 is 2.32 bits per heavy atom. The molecule has 0 atom stereocenters. The maximum atomic E-state index is 12.0. The average molecular weight is 256 g/mol. The minimum Gasteiger partial charge on any atom is -0.469 e. The lowest BCUT2D eigenvalue weighted by Crippen LogP contribution is -2.25. The highest BCUT2D eigenvalue weighted by Crippen LogP contribution is 2.23. The molecule has 3 rings (SSSR count). The fourth-order valence-corrected chi connectivity index (χ4v) is 2.29. The number of nitrogens with one attached hydrogen (secondary N) is 2. The number of carbonyl (C=O) groups is 1. The van der Waals surface area contributed by atoms with Crippen molar-refractivity contribution in [3.8, 4) is 0 Å². The number of hydrogen-bond donors (Lipinski definition) is 2. The summed E-state index contributed by atoms with van der Waals surface area (Å²) in [6, 6.07) is 9.59. The minimum atomic E-state index is -0.0388. The Bertz CT molecular complexity index is 576. The number of anilines is 1. The molecule has 0 aliphatic carbocycles. The molecule has 0 radical (unpaired) electrons. The van der Waals surface area contributed by atoms with Crippen LogP contribution in [0.4, 0.5) is 5.69 Å². The fraction of sp³-hybridized carbons (Fsp3) is 0.267. The highest BCUT2D eigenvalue weighted by molar-refractivity contribution is 5.95. The molecule has 1 aliphatic rings. The molecule has 0 bridgehead atoms. The van der Waals surface area contributed by atoms with Crippen LogP contribution in [0.2, 0.25) is 0 Å². The quantitative estimate of drug-likeness (QED) is 0.882. The molecule has 98 valence electrons. The minimum absolute atomic E-state index is 0.0388. The summed E-state index contributed by atoms with van der Waals surface area (Å²) in [5.74, 6) is 0.846. The van der Waals surface area contributed by atoms with Gasteiger partial charge in [-0.2, -0.15) is 0 Å². The Morgan fingerprint density at radius 3 is 3.16 bits per heavy atom. The molecule has 0 saturated heterocycles. The molecule has 0 fully saturated rings. The fourth-order valence-electron chi connectivity index (χ4n) is 2.29. The monoisotopic (exact) mass is 256 g/mol. The first-order valence-corrected chi connectivity index (χ1v) is 6.50. The standard InChI is InChI=1S/C15H16N2O2/c18-15(17-8-6-13-2-1-9-19-13)12-4-3-11-5-7-16-14(11)10-12/h1-4,9-10,16H,5-8H2,(H,17,18). The number of carbonyl (C=O) groups excluding carboxylic acids is 1. The normalized spacial score (nSPS) is 12.8. The third-order valence-electron chi connectivity index (χ3n) is 3.32. The molecule has 0 saturated carbocycles. The maximum absolute atomic E-state index is 12.0. The van der Waals surface area contributed by atoms with Crippen molar-refractivity contribution in [3.63, 3.8) is 0 Å². The number of benzene rings is 1.